The van der Waals surface area contributed by atoms with Gasteiger partial charge in [0.05, 0.1) is 12.7 Å². The summed E-state index contributed by atoms with van der Waals surface area (Å²) < 4.78 is 11.5. The van der Waals surface area contributed by atoms with Gasteiger partial charge in [0, 0.05) is 5.41 Å². The fourth-order valence-corrected chi connectivity index (χ4v) is 3.94. The molecule has 3 fully saturated rings. The Kier molecular flexibility index (Phi) is 2.98. The van der Waals surface area contributed by atoms with Crippen LogP contribution in [0.15, 0.2) is 28.7 Å². The minimum Gasteiger partial charge on any atom is -0.496 e. The summed E-state index contributed by atoms with van der Waals surface area (Å²) in [4.78, 5) is 0. The van der Waals surface area contributed by atoms with Crippen LogP contribution in [0.3, 0.4) is 0 Å². The van der Waals surface area contributed by atoms with Gasteiger partial charge in [-0.25, -0.2) is 0 Å². The lowest BCUT2D eigenvalue weighted by atomic mass is 9.61. The van der Waals surface area contributed by atoms with Crippen LogP contribution < -0.4 is 4.74 Å². The number of para-hydroxylation sites is 1. The number of aromatic nitrogens is 2. The van der Waals surface area contributed by atoms with Gasteiger partial charge in [0.1, 0.15) is 5.75 Å². The Balaban J connectivity index is 1.70. The highest BCUT2D eigenvalue weighted by Crippen LogP contribution is 2.51. The molecule has 3 saturated carbocycles. The zero-order valence-electron chi connectivity index (χ0n) is 12.3. The quantitative estimate of drug-likeness (QED) is 0.855. The molecule has 21 heavy (non-hydrogen) atoms. The van der Waals surface area contributed by atoms with Crippen LogP contribution in [0.25, 0.3) is 11.5 Å². The maximum atomic E-state index is 6.07. The number of fused-ring (bicyclic) bond motifs is 3. The summed E-state index contributed by atoms with van der Waals surface area (Å²) in [6, 6.07) is 7.79. The molecule has 0 spiro atoms. The average molecular weight is 284 g/mol. The number of hydrogen-bond acceptors (Lipinski definition) is 4. The number of ether oxygens (including phenoxy) is 1. The van der Waals surface area contributed by atoms with Crippen molar-refractivity contribution < 1.29 is 9.15 Å². The molecule has 0 saturated heterocycles. The minimum atomic E-state index is 0.141. The lowest BCUT2D eigenvalue weighted by molar-refractivity contribution is 0.110. The summed E-state index contributed by atoms with van der Waals surface area (Å²) in [6.07, 6.45) is 7.53. The van der Waals surface area contributed by atoms with Gasteiger partial charge >= 0.3 is 0 Å². The fourth-order valence-electron chi connectivity index (χ4n) is 3.94. The van der Waals surface area contributed by atoms with E-state index in [1.54, 1.807) is 7.11 Å². The second kappa shape index (κ2) is 4.86. The molecular weight excluding hydrogens is 264 g/mol. The molecule has 1 aromatic carbocycles. The number of hydrogen-bond donors (Lipinski definition) is 0. The minimum absolute atomic E-state index is 0.141. The normalized spacial score (nSPS) is 27.8. The summed E-state index contributed by atoms with van der Waals surface area (Å²) in [5.41, 5.74) is 1.02. The Morgan fingerprint density at radius 3 is 2.52 bits per heavy atom. The number of rotatable bonds is 3. The van der Waals surface area contributed by atoms with Crippen LogP contribution in [0.5, 0.6) is 5.75 Å². The average Bonchev–Trinajstić information content (AvgIpc) is 3.07. The monoisotopic (exact) mass is 284 g/mol. The lowest BCUT2D eigenvalue weighted by Gasteiger charge is -2.44. The van der Waals surface area contributed by atoms with Crippen molar-refractivity contribution in [2.75, 3.05) is 7.11 Å². The molecule has 110 valence electrons. The van der Waals surface area contributed by atoms with Crippen LogP contribution in [-0.4, -0.2) is 17.3 Å². The van der Waals surface area contributed by atoms with Crippen LogP contribution in [0.4, 0.5) is 0 Å². The van der Waals surface area contributed by atoms with E-state index in [-0.39, 0.29) is 5.41 Å². The number of nitrogens with zero attached hydrogens (tertiary/aromatic N) is 2. The molecule has 4 heteroatoms. The molecule has 1 heterocycles. The zero-order chi connectivity index (χ0) is 14.3. The van der Waals surface area contributed by atoms with E-state index in [9.17, 15) is 0 Å². The third kappa shape index (κ3) is 2.04. The van der Waals surface area contributed by atoms with E-state index in [1.807, 2.05) is 24.3 Å². The van der Waals surface area contributed by atoms with E-state index in [0.29, 0.717) is 5.89 Å². The molecule has 2 aromatic rings. The predicted octanol–water partition coefficient (Wildman–Crippen LogP) is 3.97. The van der Waals surface area contributed by atoms with Crippen molar-refractivity contribution in [2.45, 2.75) is 43.9 Å². The van der Waals surface area contributed by atoms with Crippen molar-refractivity contribution in [3.8, 4) is 17.2 Å². The first-order chi connectivity index (χ1) is 10.3. The standard InChI is InChI=1S/C17H20N2O2/c1-20-14-5-3-2-4-13(14)15-18-19-16(21-15)17-9-6-12(7-10-17)8-11-17/h2-5,12H,6-11H2,1H3. The van der Waals surface area contributed by atoms with Gasteiger partial charge in [-0.1, -0.05) is 12.1 Å². The van der Waals surface area contributed by atoms with E-state index in [1.165, 1.54) is 38.5 Å². The van der Waals surface area contributed by atoms with Crippen molar-refractivity contribution in [3.05, 3.63) is 30.2 Å². The van der Waals surface area contributed by atoms with Crippen molar-refractivity contribution >= 4 is 0 Å². The van der Waals surface area contributed by atoms with Crippen molar-refractivity contribution in [3.63, 3.8) is 0 Å². The van der Waals surface area contributed by atoms with E-state index in [2.05, 4.69) is 10.2 Å². The molecule has 5 rings (SSSR count). The maximum Gasteiger partial charge on any atom is 0.251 e. The number of methoxy groups -OCH3 is 1. The Morgan fingerprint density at radius 2 is 1.81 bits per heavy atom. The Labute approximate surface area is 124 Å². The molecule has 0 atom stereocenters. The lowest BCUT2D eigenvalue weighted by Crippen LogP contribution is -2.37. The third-order valence-corrected chi connectivity index (χ3v) is 5.31. The van der Waals surface area contributed by atoms with Gasteiger partial charge in [0.15, 0.2) is 0 Å². The molecule has 0 aliphatic heterocycles. The smallest absolute Gasteiger partial charge is 0.251 e. The first kappa shape index (κ1) is 12.9. The summed E-state index contributed by atoms with van der Waals surface area (Å²) in [7, 11) is 1.66. The molecular formula is C17H20N2O2. The first-order valence-corrected chi connectivity index (χ1v) is 7.78. The molecule has 4 nitrogen and oxygen atoms in total. The molecule has 0 N–H and O–H groups in total. The van der Waals surface area contributed by atoms with Gasteiger partial charge in [-0.15, -0.1) is 10.2 Å². The first-order valence-electron chi connectivity index (χ1n) is 7.78. The molecule has 0 amide bonds. The molecule has 1 aromatic heterocycles. The SMILES string of the molecule is COc1ccccc1-c1nnc(C23CCC(CC2)CC3)o1. The summed E-state index contributed by atoms with van der Waals surface area (Å²) in [5, 5.41) is 8.67. The van der Waals surface area contributed by atoms with Gasteiger partial charge in [-0.3, -0.25) is 0 Å². The van der Waals surface area contributed by atoms with E-state index < -0.39 is 0 Å². The van der Waals surface area contributed by atoms with Crippen molar-refractivity contribution in [1.82, 2.24) is 10.2 Å². The van der Waals surface area contributed by atoms with Gasteiger partial charge in [-0.2, -0.15) is 0 Å². The van der Waals surface area contributed by atoms with Crippen molar-refractivity contribution in [2.24, 2.45) is 5.92 Å². The zero-order valence-corrected chi connectivity index (χ0v) is 12.3. The Bertz CT molecular complexity index is 628. The summed E-state index contributed by atoms with van der Waals surface area (Å²) in [5.74, 6) is 3.12. The van der Waals surface area contributed by atoms with E-state index in [4.69, 9.17) is 9.15 Å². The van der Waals surface area contributed by atoms with Crippen LogP contribution in [-0.2, 0) is 5.41 Å². The second-order valence-electron chi connectivity index (χ2n) is 6.38. The highest BCUT2D eigenvalue weighted by molar-refractivity contribution is 5.62. The summed E-state index contributed by atoms with van der Waals surface area (Å²) >= 11 is 0. The highest BCUT2D eigenvalue weighted by atomic mass is 16.5. The molecule has 0 unspecified atom stereocenters. The Hall–Kier alpha value is -1.84. The van der Waals surface area contributed by atoms with Gasteiger partial charge in [-0.05, 0) is 56.6 Å². The van der Waals surface area contributed by atoms with Gasteiger partial charge in [0.25, 0.3) is 5.89 Å². The maximum absolute atomic E-state index is 6.07. The highest BCUT2D eigenvalue weighted by Gasteiger charge is 2.45. The molecule has 3 aliphatic rings. The molecule has 3 aliphatic carbocycles. The van der Waals surface area contributed by atoms with Crippen LogP contribution >= 0.6 is 0 Å². The fraction of sp³-hybridized carbons (Fsp3) is 0.529. The third-order valence-electron chi connectivity index (χ3n) is 5.31. The van der Waals surface area contributed by atoms with Crippen LogP contribution in [0.2, 0.25) is 0 Å². The van der Waals surface area contributed by atoms with Crippen LogP contribution in [0, 0.1) is 5.92 Å². The largest absolute Gasteiger partial charge is 0.496 e. The van der Waals surface area contributed by atoms with Gasteiger partial charge < -0.3 is 9.15 Å². The van der Waals surface area contributed by atoms with E-state index >= 15 is 0 Å². The Morgan fingerprint density at radius 1 is 1.10 bits per heavy atom. The van der Waals surface area contributed by atoms with Crippen LogP contribution in [0.1, 0.15) is 44.4 Å². The molecule has 2 bridgehead atoms. The topological polar surface area (TPSA) is 48.2 Å². The van der Waals surface area contributed by atoms with Gasteiger partial charge in [0.2, 0.25) is 5.89 Å². The summed E-state index contributed by atoms with van der Waals surface area (Å²) in [6.45, 7) is 0. The second-order valence-corrected chi connectivity index (χ2v) is 6.38. The van der Waals surface area contributed by atoms with Crippen molar-refractivity contribution in [1.29, 1.82) is 0 Å². The number of benzene rings is 1. The molecule has 0 radical (unpaired) electrons. The van der Waals surface area contributed by atoms with E-state index in [0.717, 1.165) is 23.1 Å². The predicted molar refractivity (Wildman–Crippen MR) is 79.2 cm³/mol.